The molecule has 1 aliphatic heterocycles. The van der Waals surface area contributed by atoms with Crippen LogP contribution in [0.5, 0.6) is 0 Å². The second-order valence-corrected chi connectivity index (χ2v) is 7.31. The van der Waals surface area contributed by atoms with Gasteiger partial charge in [0.15, 0.2) is 0 Å². The molecular weight excluding hydrogens is 361 g/mol. The average Bonchev–Trinajstić information content (AvgIpc) is 2.71. The molecule has 0 amide bonds. The second-order valence-electron chi connectivity index (χ2n) is 6.07. The van der Waals surface area contributed by atoms with Gasteiger partial charge in [-0.05, 0) is 46.9 Å². The number of hydrogen-bond donors (Lipinski definition) is 0. The predicted molar refractivity (Wildman–Crippen MR) is 91.1 cm³/mol. The summed E-state index contributed by atoms with van der Waals surface area (Å²) in [7, 11) is 0. The van der Waals surface area contributed by atoms with E-state index in [2.05, 4.69) is 76.5 Å². The first-order valence-corrected chi connectivity index (χ1v) is 7.98. The summed E-state index contributed by atoms with van der Waals surface area (Å²) in [5.41, 5.74) is 2.94. The van der Waals surface area contributed by atoms with Crippen LogP contribution in [0.1, 0.15) is 6.92 Å². The van der Waals surface area contributed by atoms with Crippen LogP contribution < -0.4 is 0 Å². The van der Waals surface area contributed by atoms with Gasteiger partial charge < -0.3 is 9.30 Å². The third-order valence-electron chi connectivity index (χ3n) is 4.18. The number of hydrogen-bond acceptors (Lipinski definition) is 1. The van der Waals surface area contributed by atoms with Gasteiger partial charge in [-0.3, -0.25) is 0 Å². The Morgan fingerprint density at radius 1 is 1.10 bits per heavy atom. The molecule has 2 nitrogen and oxygen atoms in total. The van der Waals surface area contributed by atoms with Crippen LogP contribution in [0.15, 0.2) is 42.5 Å². The maximum absolute atomic E-state index is 5.42. The molecule has 1 aromatic heterocycles. The van der Waals surface area contributed by atoms with Crippen molar-refractivity contribution in [2.45, 2.75) is 13.5 Å². The number of nitrogens with zero attached hydrogens (tertiary/aromatic N) is 1. The van der Waals surface area contributed by atoms with Crippen molar-refractivity contribution < 1.29 is 4.74 Å². The molecule has 1 saturated heterocycles. The first kappa shape index (κ1) is 12.7. The molecule has 4 rings (SSSR count). The summed E-state index contributed by atoms with van der Waals surface area (Å²) in [6.45, 7) is 5.07. The zero-order valence-electron chi connectivity index (χ0n) is 11.4. The standard InChI is InChI=1S/C17H16INO/c1-17(10-20-11-17)9-19-15-5-3-2-4-13(15)14-8-12(18)6-7-16(14)19/h2-8H,9-11H2,1H3. The lowest BCUT2D eigenvalue weighted by Crippen LogP contribution is -2.43. The van der Waals surface area contributed by atoms with Crippen molar-refractivity contribution in [3.05, 3.63) is 46.0 Å². The largest absolute Gasteiger partial charge is 0.380 e. The van der Waals surface area contributed by atoms with Gasteiger partial charge in [-0.15, -0.1) is 0 Å². The molecule has 1 aliphatic rings. The highest BCUT2D eigenvalue weighted by Crippen LogP contribution is 2.35. The normalized spacial score (nSPS) is 17.5. The monoisotopic (exact) mass is 377 g/mol. The molecule has 1 fully saturated rings. The Morgan fingerprint density at radius 2 is 1.85 bits per heavy atom. The minimum atomic E-state index is 0.276. The Balaban J connectivity index is 2.00. The summed E-state index contributed by atoms with van der Waals surface area (Å²) in [5, 5.41) is 2.71. The highest BCUT2D eigenvalue weighted by molar-refractivity contribution is 14.1. The Hall–Kier alpha value is -1.07. The Labute approximate surface area is 131 Å². The highest BCUT2D eigenvalue weighted by Gasteiger charge is 2.34. The number of fused-ring (bicyclic) bond motifs is 3. The van der Waals surface area contributed by atoms with Crippen molar-refractivity contribution in [1.82, 2.24) is 4.57 Å². The second kappa shape index (κ2) is 4.46. The van der Waals surface area contributed by atoms with Gasteiger partial charge in [-0.25, -0.2) is 0 Å². The zero-order valence-corrected chi connectivity index (χ0v) is 13.6. The van der Waals surface area contributed by atoms with Crippen LogP contribution in [0.2, 0.25) is 0 Å². The third kappa shape index (κ3) is 1.87. The number of benzene rings is 2. The number of para-hydroxylation sites is 1. The fourth-order valence-electron chi connectivity index (χ4n) is 3.12. The van der Waals surface area contributed by atoms with Gasteiger partial charge in [0, 0.05) is 37.3 Å². The van der Waals surface area contributed by atoms with Gasteiger partial charge in [0.05, 0.1) is 13.2 Å². The SMILES string of the molecule is CC1(Cn2c3ccccc3c3cc(I)ccc32)COC1. The van der Waals surface area contributed by atoms with Crippen LogP contribution in [0, 0.1) is 8.99 Å². The van der Waals surface area contributed by atoms with Crippen molar-refractivity contribution >= 4 is 44.4 Å². The van der Waals surface area contributed by atoms with Crippen molar-refractivity contribution in [2.24, 2.45) is 5.41 Å². The maximum atomic E-state index is 5.42. The number of aromatic nitrogens is 1. The molecular formula is C17H16INO. The molecule has 2 heterocycles. The summed E-state index contributed by atoms with van der Waals surface area (Å²) in [5.74, 6) is 0. The minimum absolute atomic E-state index is 0.276. The zero-order chi connectivity index (χ0) is 13.7. The third-order valence-corrected chi connectivity index (χ3v) is 4.85. The Morgan fingerprint density at radius 3 is 2.60 bits per heavy atom. The highest BCUT2D eigenvalue weighted by atomic mass is 127. The molecule has 0 unspecified atom stereocenters. The number of halogens is 1. The lowest BCUT2D eigenvalue weighted by Gasteiger charge is -2.38. The summed E-state index contributed by atoms with van der Waals surface area (Å²) in [6.07, 6.45) is 0. The fraction of sp³-hybridized carbons (Fsp3) is 0.294. The van der Waals surface area contributed by atoms with E-state index < -0.39 is 0 Å². The van der Waals surface area contributed by atoms with Gasteiger partial charge in [0.2, 0.25) is 0 Å². The van der Waals surface area contributed by atoms with Crippen LogP contribution in [-0.4, -0.2) is 17.8 Å². The van der Waals surface area contributed by atoms with Gasteiger partial charge in [-0.1, -0.05) is 25.1 Å². The molecule has 20 heavy (non-hydrogen) atoms. The molecule has 0 aliphatic carbocycles. The van der Waals surface area contributed by atoms with E-state index in [4.69, 9.17) is 4.74 Å². The molecule has 0 N–H and O–H groups in total. The van der Waals surface area contributed by atoms with E-state index in [-0.39, 0.29) is 5.41 Å². The van der Waals surface area contributed by atoms with E-state index in [0.29, 0.717) is 0 Å². The van der Waals surface area contributed by atoms with Crippen LogP contribution in [0.25, 0.3) is 21.8 Å². The summed E-state index contributed by atoms with van der Waals surface area (Å²) in [6, 6.07) is 15.4. The lowest BCUT2D eigenvalue weighted by atomic mass is 9.88. The maximum Gasteiger partial charge on any atom is 0.0559 e. The summed E-state index contributed by atoms with van der Waals surface area (Å²) in [4.78, 5) is 0. The topological polar surface area (TPSA) is 14.2 Å². The van der Waals surface area contributed by atoms with E-state index in [9.17, 15) is 0 Å². The van der Waals surface area contributed by atoms with Gasteiger partial charge in [0.1, 0.15) is 0 Å². The number of rotatable bonds is 2. The minimum Gasteiger partial charge on any atom is -0.380 e. The molecule has 0 radical (unpaired) electrons. The van der Waals surface area contributed by atoms with Crippen molar-refractivity contribution in [3.63, 3.8) is 0 Å². The first-order valence-electron chi connectivity index (χ1n) is 6.91. The predicted octanol–water partition coefficient (Wildman–Crippen LogP) is 4.44. The first-order chi connectivity index (χ1) is 9.66. The van der Waals surface area contributed by atoms with Crippen molar-refractivity contribution in [1.29, 1.82) is 0 Å². The Bertz CT molecular complexity index is 801. The molecule has 102 valence electrons. The molecule has 2 aromatic carbocycles. The van der Waals surface area contributed by atoms with Gasteiger partial charge in [0.25, 0.3) is 0 Å². The molecule has 0 bridgehead atoms. The van der Waals surface area contributed by atoms with Crippen molar-refractivity contribution in [3.8, 4) is 0 Å². The van der Waals surface area contributed by atoms with Crippen LogP contribution >= 0.6 is 22.6 Å². The smallest absolute Gasteiger partial charge is 0.0559 e. The van der Waals surface area contributed by atoms with Crippen molar-refractivity contribution in [2.75, 3.05) is 13.2 Å². The van der Waals surface area contributed by atoms with E-state index >= 15 is 0 Å². The number of ether oxygens (including phenoxy) is 1. The summed E-state index contributed by atoms with van der Waals surface area (Å²) < 4.78 is 9.17. The summed E-state index contributed by atoms with van der Waals surface area (Å²) >= 11 is 2.39. The lowest BCUT2D eigenvalue weighted by molar-refractivity contribution is -0.109. The van der Waals surface area contributed by atoms with E-state index in [1.807, 2.05) is 0 Å². The molecule has 3 heteroatoms. The molecule has 3 aromatic rings. The van der Waals surface area contributed by atoms with Crippen LogP contribution in [0.4, 0.5) is 0 Å². The Kier molecular flexibility index (Phi) is 2.82. The van der Waals surface area contributed by atoms with E-state index in [1.54, 1.807) is 0 Å². The molecule has 0 spiro atoms. The molecule has 0 atom stereocenters. The quantitative estimate of drug-likeness (QED) is 0.603. The van der Waals surface area contributed by atoms with E-state index in [0.717, 1.165) is 19.8 Å². The van der Waals surface area contributed by atoms with Crippen LogP contribution in [-0.2, 0) is 11.3 Å². The average molecular weight is 377 g/mol. The van der Waals surface area contributed by atoms with Gasteiger partial charge in [-0.2, -0.15) is 0 Å². The van der Waals surface area contributed by atoms with Gasteiger partial charge >= 0.3 is 0 Å². The molecule has 0 saturated carbocycles. The van der Waals surface area contributed by atoms with Crippen LogP contribution in [0.3, 0.4) is 0 Å². The van der Waals surface area contributed by atoms with E-state index in [1.165, 1.54) is 25.4 Å². The fourth-order valence-corrected chi connectivity index (χ4v) is 3.61.